The van der Waals surface area contributed by atoms with Gasteiger partial charge in [0.25, 0.3) is 0 Å². The first-order valence-electron chi connectivity index (χ1n) is 9.54. The lowest BCUT2D eigenvalue weighted by molar-refractivity contribution is 0.139. The molecule has 0 bridgehead atoms. The maximum atomic E-state index is 10.1. The summed E-state index contributed by atoms with van der Waals surface area (Å²) in [6.07, 6.45) is 7.53. The van der Waals surface area contributed by atoms with E-state index in [4.69, 9.17) is 0 Å². The highest BCUT2D eigenvalue weighted by molar-refractivity contribution is 5.87. The summed E-state index contributed by atoms with van der Waals surface area (Å²) in [6, 6.07) is 11.4. The lowest BCUT2D eigenvalue weighted by Gasteiger charge is -2.16. The number of benzene rings is 1. The maximum absolute atomic E-state index is 10.1. The van der Waals surface area contributed by atoms with Crippen LogP contribution in [0.1, 0.15) is 49.4 Å². The molecule has 2 heterocycles. The van der Waals surface area contributed by atoms with E-state index in [2.05, 4.69) is 63.3 Å². The quantitative estimate of drug-likeness (QED) is 0.754. The van der Waals surface area contributed by atoms with Crippen LogP contribution in [0.5, 0.6) is 0 Å². The smallest absolute Gasteiger partial charge is 0.145 e. The third-order valence-corrected chi connectivity index (χ3v) is 6.16. The van der Waals surface area contributed by atoms with E-state index in [0.717, 1.165) is 42.5 Å². The van der Waals surface area contributed by atoms with Gasteiger partial charge in [0.2, 0.25) is 0 Å². The topological polar surface area (TPSA) is 63.0 Å². The van der Waals surface area contributed by atoms with Crippen LogP contribution in [0.3, 0.4) is 0 Å². The molecule has 3 aromatic rings. The van der Waals surface area contributed by atoms with E-state index < -0.39 is 0 Å². The third-order valence-electron chi connectivity index (χ3n) is 6.16. The summed E-state index contributed by atoms with van der Waals surface area (Å²) in [5, 5.41) is 14.8. The van der Waals surface area contributed by atoms with Crippen LogP contribution >= 0.6 is 0 Å². The second-order valence-corrected chi connectivity index (χ2v) is 7.79. The Morgan fingerprint density at radius 2 is 2.04 bits per heavy atom. The average molecular weight is 348 g/mol. The molecular weight excluding hydrogens is 324 g/mol. The van der Waals surface area contributed by atoms with Crippen LogP contribution in [0.2, 0.25) is 0 Å². The highest BCUT2D eigenvalue weighted by Gasteiger charge is 2.32. The standard InChI is InChI=1S/C21H24N4O/c1-13-10-15(11-19(13)26)25-9-8-17-20(22-12-23-21(17)25)24-18-7-6-14-4-2-3-5-16(14)18/h2-5,8-9,12-13,15,18-19,26H,6-7,10-11H2,1H3,(H,22,23,24)/t13-,15+,18+,19-/m0/s1. The summed E-state index contributed by atoms with van der Waals surface area (Å²) >= 11 is 0. The predicted molar refractivity (Wildman–Crippen MR) is 102 cm³/mol. The van der Waals surface area contributed by atoms with Gasteiger partial charge in [-0.05, 0) is 48.8 Å². The van der Waals surface area contributed by atoms with Gasteiger partial charge in [0, 0.05) is 12.2 Å². The van der Waals surface area contributed by atoms with Crippen molar-refractivity contribution in [3.63, 3.8) is 0 Å². The fraction of sp³-hybridized carbons (Fsp3) is 0.429. The zero-order valence-corrected chi connectivity index (χ0v) is 15.0. The fourth-order valence-corrected chi connectivity index (χ4v) is 4.67. The van der Waals surface area contributed by atoms with Crippen LogP contribution in [0.15, 0.2) is 42.9 Å². The first-order chi connectivity index (χ1) is 12.7. The SMILES string of the molecule is C[C@H]1C[C@@H](n2ccc3c(N[C@@H]4CCc5ccccc54)ncnc32)C[C@@H]1O. The number of aliphatic hydroxyl groups is 1. The van der Waals surface area contributed by atoms with E-state index in [-0.39, 0.29) is 6.10 Å². The molecule has 1 saturated carbocycles. The van der Waals surface area contributed by atoms with Crippen molar-refractivity contribution in [1.82, 2.24) is 14.5 Å². The molecule has 1 fully saturated rings. The number of fused-ring (bicyclic) bond motifs is 2. The molecule has 5 heteroatoms. The minimum absolute atomic E-state index is 0.216. The number of hydrogen-bond acceptors (Lipinski definition) is 4. The molecule has 0 unspecified atom stereocenters. The highest BCUT2D eigenvalue weighted by atomic mass is 16.3. The van der Waals surface area contributed by atoms with E-state index >= 15 is 0 Å². The van der Waals surface area contributed by atoms with Gasteiger partial charge in [0.05, 0.1) is 17.5 Å². The van der Waals surface area contributed by atoms with E-state index in [1.165, 1.54) is 11.1 Å². The maximum Gasteiger partial charge on any atom is 0.145 e. The van der Waals surface area contributed by atoms with Gasteiger partial charge >= 0.3 is 0 Å². The van der Waals surface area contributed by atoms with E-state index in [1.54, 1.807) is 6.33 Å². The number of hydrogen-bond donors (Lipinski definition) is 2. The predicted octanol–water partition coefficient (Wildman–Crippen LogP) is 3.86. The summed E-state index contributed by atoms with van der Waals surface area (Å²) in [5.74, 6) is 1.24. The van der Waals surface area contributed by atoms with E-state index in [9.17, 15) is 5.11 Å². The molecule has 2 aliphatic rings. The van der Waals surface area contributed by atoms with Crippen molar-refractivity contribution in [2.75, 3.05) is 5.32 Å². The number of nitrogens with zero attached hydrogens (tertiary/aromatic N) is 3. The van der Waals surface area contributed by atoms with Gasteiger partial charge in [0.1, 0.15) is 17.8 Å². The molecule has 2 N–H and O–H groups in total. The van der Waals surface area contributed by atoms with Gasteiger partial charge in [-0.3, -0.25) is 0 Å². The molecule has 26 heavy (non-hydrogen) atoms. The molecule has 0 spiro atoms. The van der Waals surface area contributed by atoms with Gasteiger partial charge in [0.15, 0.2) is 0 Å². The van der Waals surface area contributed by atoms with Gasteiger partial charge in [-0.2, -0.15) is 0 Å². The number of aryl methyl sites for hydroxylation is 1. The summed E-state index contributed by atoms with van der Waals surface area (Å²) in [4.78, 5) is 9.07. The largest absolute Gasteiger partial charge is 0.393 e. The van der Waals surface area contributed by atoms with Crippen molar-refractivity contribution in [1.29, 1.82) is 0 Å². The minimum atomic E-state index is -0.216. The molecule has 0 amide bonds. The average Bonchev–Trinajstić information content (AvgIpc) is 3.34. The van der Waals surface area contributed by atoms with Crippen LogP contribution in [-0.4, -0.2) is 25.7 Å². The zero-order chi connectivity index (χ0) is 17.7. The first-order valence-corrected chi connectivity index (χ1v) is 9.54. The molecule has 0 aliphatic heterocycles. The van der Waals surface area contributed by atoms with Gasteiger partial charge in [-0.15, -0.1) is 0 Å². The number of rotatable bonds is 3. The summed E-state index contributed by atoms with van der Waals surface area (Å²) in [5.41, 5.74) is 3.77. The van der Waals surface area contributed by atoms with Gasteiger partial charge in [-0.25, -0.2) is 9.97 Å². The molecular formula is C21H24N4O. The van der Waals surface area contributed by atoms with Crippen molar-refractivity contribution in [3.8, 4) is 0 Å². The lowest BCUT2D eigenvalue weighted by atomic mass is 10.1. The summed E-state index contributed by atoms with van der Waals surface area (Å²) < 4.78 is 2.22. The monoisotopic (exact) mass is 348 g/mol. The van der Waals surface area contributed by atoms with Crippen molar-refractivity contribution in [2.45, 2.75) is 50.8 Å². The van der Waals surface area contributed by atoms with Crippen LogP contribution < -0.4 is 5.32 Å². The second kappa shape index (κ2) is 6.09. The molecule has 2 aliphatic carbocycles. The first kappa shape index (κ1) is 15.8. The van der Waals surface area contributed by atoms with E-state index in [0.29, 0.717) is 18.0 Å². The Balaban J connectivity index is 1.47. The van der Waals surface area contributed by atoms with E-state index in [1.807, 2.05) is 0 Å². The Bertz CT molecular complexity index is 940. The number of aliphatic hydroxyl groups excluding tert-OH is 1. The number of anilines is 1. The Labute approximate surface area is 153 Å². The minimum Gasteiger partial charge on any atom is -0.393 e. The van der Waals surface area contributed by atoms with Gasteiger partial charge < -0.3 is 15.0 Å². The Kier molecular flexibility index (Phi) is 3.71. The number of nitrogens with one attached hydrogen (secondary N) is 1. The van der Waals surface area contributed by atoms with Gasteiger partial charge in [-0.1, -0.05) is 31.2 Å². The molecule has 2 aromatic heterocycles. The normalized spacial score (nSPS) is 27.8. The van der Waals surface area contributed by atoms with Crippen molar-refractivity contribution in [2.24, 2.45) is 5.92 Å². The molecule has 4 atom stereocenters. The van der Waals surface area contributed by atoms with Crippen molar-refractivity contribution >= 4 is 16.9 Å². The molecule has 5 rings (SSSR count). The Morgan fingerprint density at radius 1 is 1.15 bits per heavy atom. The number of aromatic nitrogens is 3. The third kappa shape index (κ3) is 2.50. The van der Waals surface area contributed by atoms with Crippen molar-refractivity contribution < 1.29 is 5.11 Å². The summed E-state index contributed by atoms with van der Waals surface area (Å²) in [7, 11) is 0. The Hall–Kier alpha value is -2.40. The zero-order valence-electron chi connectivity index (χ0n) is 15.0. The van der Waals surface area contributed by atoms with Crippen LogP contribution in [0, 0.1) is 5.92 Å². The lowest BCUT2D eigenvalue weighted by Crippen LogP contribution is -2.10. The van der Waals surface area contributed by atoms with Crippen LogP contribution in [0.4, 0.5) is 5.82 Å². The molecule has 5 nitrogen and oxygen atoms in total. The molecule has 1 aromatic carbocycles. The molecule has 134 valence electrons. The van der Waals surface area contributed by atoms with Crippen molar-refractivity contribution in [3.05, 3.63) is 54.0 Å². The second-order valence-electron chi connectivity index (χ2n) is 7.79. The molecule has 0 saturated heterocycles. The summed E-state index contributed by atoms with van der Waals surface area (Å²) in [6.45, 7) is 2.12. The fourth-order valence-electron chi connectivity index (χ4n) is 4.67. The molecule has 0 radical (unpaired) electrons. The van der Waals surface area contributed by atoms with Crippen LogP contribution in [-0.2, 0) is 6.42 Å². The van der Waals surface area contributed by atoms with Crippen LogP contribution in [0.25, 0.3) is 11.0 Å². The Morgan fingerprint density at radius 3 is 2.88 bits per heavy atom. The highest BCUT2D eigenvalue weighted by Crippen LogP contribution is 2.38.